The largest absolute Gasteiger partial charge is 1.00 e. The molecular weight excluding hydrogens is 195 g/mol. The molecule has 0 spiro atoms. The van der Waals surface area contributed by atoms with E-state index >= 15 is 0 Å². The van der Waals surface area contributed by atoms with Gasteiger partial charge in [0.05, 0.1) is 5.91 Å². The predicted molar refractivity (Wildman–Crippen MR) is 48.3 cm³/mol. The van der Waals surface area contributed by atoms with Gasteiger partial charge in [0.2, 0.25) is 0 Å². The molecule has 0 bridgehead atoms. The molecule has 1 amide bonds. The summed E-state index contributed by atoms with van der Waals surface area (Å²) >= 11 is 1.52. The van der Waals surface area contributed by atoms with Gasteiger partial charge in [-0.25, -0.2) is 4.98 Å². The number of pyridine rings is 1. The molecular formula is C8H5N2NaOS. The first-order valence-electron chi connectivity index (χ1n) is 3.36. The van der Waals surface area contributed by atoms with Crippen LogP contribution in [0.15, 0.2) is 23.7 Å². The molecule has 0 aromatic carbocycles. The van der Waals surface area contributed by atoms with E-state index in [0.29, 0.717) is 5.56 Å². The van der Waals surface area contributed by atoms with E-state index < -0.39 is 5.91 Å². The van der Waals surface area contributed by atoms with Crippen molar-refractivity contribution in [1.82, 2.24) is 4.98 Å². The van der Waals surface area contributed by atoms with Crippen LogP contribution in [0.1, 0.15) is 10.4 Å². The molecule has 0 atom stereocenters. The van der Waals surface area contributed by atoms with Crippen LogP contribution in [0.4, 0.5) is 0 Å². The third kappa shape index (κ3) is 2.08. The van der Waals surface area contributed by atoms with E-state index in [1.54, 1.807) is 6.07 Å². The van der Waals surface area contributed by atoms with Gasteiger partial charge in [-0.3, -0.25) is 0 Å². The van der Waals surface area contributed by atoms with Gasteiger partial charge >= 0.3 is 29.6 Å². The second kappa shape index (κ2) is 4.19. The fraction of sp³-hybridized carbons (Fsp3) is 0. The van der Waals surface area contributed by atoms with Gasteiger partial charge in [0.25, 0.3) is 0 Å². The van der Waals surface area contributed by atoms with Crippen LogP contribution in [-0.4, -0.2) is 10.9 Å². The molecule has 2 aromatic heterocycles. The Balaban J connectivity index is 0.000000845. The maximum atomic E-state index is 10.6. The number of aromatic nitrogens is 1. The summed E-state index contributed by atoms with van der Waals surface area (Å²) in [6.45, 7) is 0. The fourth-order valence-corrected chi connectivity index (χ4v) is 1.70. The van der Waals surface area contributed by atoms with Gasteiger partial charge in [-0.05, 0) is 17.5 Å². The molecule has 0 aliphatic heterocycles. The van der Waals surface area contributed by atoms with Gasteiger partial charge in [-0.15, -0.1) is 11.3 Å². The van der Waals surface area contributed by atoms with Crippen molar-refractivity contribution in [2.45, 2.75) is 0 Å². The summed E-state index contributed by atoms with van der Waals surface area (Å²) in [5, 5.41) is 2.84. The van der Waals surface area contributed by atoms with Gasteiger partial charge in [-0.1, -0.05) is 0 Å². The van der Waals surface area contributed by atoms with Crippen molar-refractivity contribution in [3.8, 4) is 0 Å². The zero-order valence-electron chi connectivity index (χ0n) is 7.07. The van der Waals surface area contributed by atoms with E-state index in [9.17, 15) is 4.79 Å². The normalized spacial score (nSPS) is 9.54. The summed E-state index contributed by atoms with van der Waals surface area (Å²) in [6.07, 6.45) is 1.44. The Hall–Kier alpha value is -0.420. The smallest absolute Gasteiger partial charge is 0.664 e. The number of hydrogen-bond acceptors (Lipinski definition) is 3. The maximum absolute atomic E-state index is 10.6. The maximum Gasteiger partial charge on any atom is 1.00 e. The summed E-state index contributed by atoms with van der Waals surface area (Å²) in [5.41, 5.74) is 7.22. The molecule has 2 aromatic rings. The zero-order chi connectivity index (χ0) is 8.55. The molecule has 3 nitrogen and oxygen atoms in total. The van der Waals surface area contributed by atoms with Gasteiger partial charge < -0.3 is 10.5 Å². The van der Waals surface area contributed by atoms with Crippen LogP contribution in [0, 0.1) is 0 Å². The number of hydrogen-bond donors (Lipinski definition) is 0. The van der Waals surface area contributed by atoms with Gasteiger partial charge in [0.15, 0.2) is 0 Å². The van der Waals surface area contributed by atoms with Crippen molar-refractivity contribution in [2.24, 2.45) is 0 Å². The second-order valence-corrected chi connectivity index (χ2v) is 3.26. The number of nitrogens with one attached hydrogen (secondary N) is 1. The first-order chi connectivity index (χ1) is 5.77. The SMILES string of the molecule is [NH-]C(=O)c1cnc2sccc2c1.[Na+]. The topological polar surface area (TPSA) is 53.8 Å². The van der Waals surface area contributed by atoms with Gasteiger partial charge in [0, 0.05) is 17.1 Å². The number of fused-ring (bicyclic) bond motifs is 1. The zero-order valence-corrected chi connectivity index (χ0v) is 9.89. The average molecular weight is 200 g/mol. The number of thiophene rings is 1. The van der Waals surface area contributed by atoms with Crippen LogP contribution >= 0.6 is 11.3 Å². The Bertz CT molecular complexity index is 440. The van der Waals surface area contributed by atoms with Crippen molar-refractivity contribution in [2.75, 3.05) is 0 Å². The van der Waals surface area contributed by atoms with E-state index in [0.717, 1.165) is 10.2 Å². The second-order valence-electron chi connectivity index (χ2n) is 2.37. The molecule has 0 saturated heterocycles. The molecule has 2 rings (SSSR count). The van der Waals surface area contributed by atoms with Gasteiger partial charge in [-0.2, -0.15) is 0 Å². The van der Waals surface area contributed by atoms with Gasteiger partial charge in [0.1, 0.15) is 4.83 Å². The molecule has 0 radical (unpaired) electrons. The third-order valence-electron chi connectivity index (χ3n) is 1.57. The van der Waals surface area contributed by atoms with E-state index in [-0.39, 0.29) is 29.6 Å². The Morgan fingerprint density at radius 2 is 2.31 bits per heavy atom. The quantitative estimate of drug-likeness (QED) is 0.582. The molecule has 0 unspecified atom stereocenters. The monoisotopic (exact) mass is 200 g/mol. The summed E-state index contributed by atoms with van der Waals surface area (Å²) in [5.74, 6) is -0.685. The van der Waals surface area contributed by atoms with Crippen molar-refractivity contribution < 1.29 is 34.4 Å². The predicted octanol–water partition coefficient (Wildman–Crippen LogP) is -0.507. The van der Waals surface area contributed by atoms with Crippen LogP contribution in [0.3, 0.4) is 0 Å². The summed E-state index contributed by atoms with van der Waals surface area (Å²) in [4.78, 5) is 15.6. The van der Waals surface area contributed by atoms with Crippen molar-refractivity contribution >= 4 is 27.5 Å². The van der Waals surface area contributed by atoms with Crippen LogP contribution in [0.2, 0.25) is 0 Å². The molecule has 1 N–H and O–H groups in total. The number of nitrogens with zero attached hydrogens (tertiary/aromatic N) is 1. The third-order valence-corrected chi connectivity index (χ3v) is 2.40. The Morgan fingerprint density at radius 3 is 3.00 bits per heavy atom. The fourth-order valence-electron chi connectivity index (χ4n) is 0.983. The molecule has 0 aliphatic carbocycles. The molecule has 2 heterocycles. The number of rotatable bonds is 1. The standard InChI is InChI=1S/C8H6N2OS.Na/c9-7(11)6-3-5-1-2-12-8(5)10-4-6;/h1-4H,(H2,9,11);/q;+1/p-1. The van der Waals surface area contributed by atoms with E-state index in [4.69, 9.17) is 5.73 Å². The van der Waals surface area contributed by atoms with E-state index in [1.165, 1.54) is 17.5 Å². The number of carbonyl (C=O) groups excluding carboxylic acids is 1. The average Bonchev–Trinajstić information content (AvgIpc) is 2.49. The molecule has 0 aliphatic rings. The Labute approximate surface area is 101 Å². The summed E-state index contributed by atoms with van der Waals surface area (Å²) in [6, 6.07) is 3.58. The molecule has 5 heteroatoms. The first kappa shape index (κ1) is 10.7. The van der Waals surface area contributed by atoms with Crippen molar-refractivity contribution in [1.29, 1.82) is 0 Å². The number of carbonyl (C=O) groups is 1. The summed E-state index contributed by atoms with van der Waals surface area (Å²) < 4.78 is 0. The van der Waals surface area contributed by atoms with Crippen molar-refractivity contribution in [3.05, 3.63) is 35.0 Å². The minimum atomic E-state index is -0.685. The first-order valence-corrected chi connectivity index (χ1v) is 4.24. The van der Waals surface area contributed by atoms with Crippen LogP contribution in [-0.2, 0) is 0 Å². The van der Waals surface area contributed by atoms with Crippen LogP contribution in [0.5, 0.6) is 0 Å². The van der Waals surface area contributed by atoms with E-state index in [1.807, 2.05) is 11.4 Å². The minimum Gasteiger partial charge on any atom is -0.664 e. The molecule has 60 valence electrons. The molecule has 0 saturated carbocycles. The van der Waals surface area contributed by atoms with Crippen molar-refractivity contribution in [3.63, 3.8) is 0 Å². The van der Waals surface area contributed by atoms with Crippen LogP contribution < -0.4 is 29.6 Å². The molecule has 0 fully saturated rings. The molecule has 13 heavy (non-hydrogen) atoms. The Kier molecular flexibility index (Phi) is 3.44. The minimum absolute atomic E-state index is 0. The summed E-state index contributed by atoms with van der Waals surface area (Å²) in [7, 11) is 0. The number of amides is 1. The van der Waals surface area contributed by atoms with Crippen LogP contribution in [0.25, 0.3) is 16.0 Å². The van der Waals surface area contributed by atoms with E-state index in [2.05, 4.69) is 4.98 Å². The Morgan fingerprint density at radius 1 is 1.54 bits per heavy atom.